The fourth-order valence-electron chi connectivity index (χ4n) is 2.85. The number of ether oxygens (including phenoxy) is 2. The van der Waals surface area contributed by atoms with E-state index in [1.165, 1.54) is 11.8 Å². The second-order valence-corrected chi connectivity index (χ2v) is 7.36. The Morgan fingerprint density at radius 2 is 1.79 bits per heavy atom. The standard InChI is InChI=1S/C21H23N3O4S/c1-13-6-5-7-14(2)20(13)22-18(25)12-29-21-24-23-19(28-21)11-15-8-9-16(26-3)17(10-15)27-4/h5-10H,11-12H2,1-4H3,(H,22,25). The Morgan fingerprint density at radius 3 is 2.48 bits per heavy atom. The SMILES string of the molecule is COc1ccc(Cc2nnc(SCC(=O)Nc3c(C)cccc3C)o2)cc1OC. The zero-order chi connectivity index (χ0) is 20.8. The molecular formula is C21H23N3O4S. The number of nitrogens with zero attached hydrogens (tertiary/aromatic N) is 2. The summed E-state index contributed by atoms with van der Waals surface area (Å²) in [7, 11) is 3.18. The number of nitrogens with one attached hydrogen (secondary N) is 1. The molecule has 0 radical (unpaired) electrons. The number of aryl methyl sites for hydroxylation is 2. The summed E-state index contributed by atoms with van der Waals surface area (Å²) in [6.07, 6.45) is 0.461. The molecule has 152 valence electrons. The second kappa shape index (κ2) is 9.47. The first-order chi connectivity index (χ1) is 14.0. The molecule has 0 atom stereocenters. The fraction of sp³-hybridized carbons (Fsp3) is 0.286. The molecule has 1 heterocycles. The zero-order valence-corrected chi connectivity index (χ0v) is 17.6. The number of benzene rings is 2. The quantitative estimate of drug-likeness (QED) is 0.558. The number of para-hydroxylation sites is 1. The molecule has 0 aliphatic rings. The van der Waals surface area contributed by atoms with Gasteiger partial charge in [0.1, 0.15) is 0 Å². The molecule has 0 fully saturated rings. The molecule has 0 aliphatic heterocycles. The molecule has 0 saturated heterocycles. The van der Waals surface area contributed by atoms with Gasteiger partial charge in [0.2, 0.25) is 11.8 Å². The fourth-order valence-corrected chi connectivity index (χ4v) is 3.43. The van der Waals surface area contributed by atoms with Crippen LogP contribution in [0.25, 0.3) is 0 Å². The molecule has 0 unspecified atom stereocenters. The van der Waals surface area contributed by atoms with E-state index in [1.807, 2.05) is 50.2 Å². The van der Waals surface area contributed by atoms with Crippen molar-refractivity contribution in [2.24, 2.45) is 0 Å². The molecule has 0 spiro atoms. The van der Waals surface area contributed by atoms with E-state index in [2.05, 4.69) is 15.5 Å². The molecular weight excluding hydrogens is 390 g/mol. The van der Waals surface area contributed by atoms with Crippen molar-refractivity contribution in [3.8, 4) is 11.5 Å². The van der Waals surface area contributed by atoms with Crippen LogP contribution < -0.4 is 14.8 Å². The summed E-state index contributed by atoms with van der Waals surface area (Å²) in [5.74, 6) is 1.84. The van der Waals surface area contributed by atoms with E-state index in [0.29, 0.717) is 29.0 Å². The number of methoxy groups -OCH3 is 2. The third kappa shape index (κ3) is 5.29. The van der Waals surface area contributed by atoms with E-state index < -0.39 is 0 Å². The molecule has 2 aromatic carbocycles. The summed E-state index contributed by atoms with van der Waals surface area (Å²) in [4.78, 5) is 12.3. The van der Waals surface area contributed by atoms with E-state index in [-0.39, 0.29) is 11.7 Å². The topological polar surface area (TPSA) is 86.5 Å². The highest BCUT2D eigenvalue weighted by atomic mass is 32.2. The molecule has 3 rings (SSSR count). The monoisotopic (exact) mass is 413 g/mol. The average molecular weight is 413 g/mol. The van der Waals surface area contributed by atoms with E-state index in [4.69, 9.17) is 13.9 Å². The van der Waals surface area contributed by atoms with Gasteiger partial charge in [0.05, 0.1) is 26.4 Å². The Morgan fingerprint density at radius 1 is 1.07 bits per heavy atom. The summed E-state index contributed by atoms with van der Waals surface area (Å²) < 4.78 is 16.2. The number of aromatic nitrogens is 2. The smallest absolute Gasteiger partial charge is 0.277 e. The Balaban J connectivity index is 1.57. The van der Waals surface area contributed by atoms with E-state index in [0.717, 1.165) is 22.4 Å². The van der Waals surface area contributed by atoms with Crippen LogP contribution >= 0.6 is 11.8 Å². The third-order valence-electron chi connectivity index (χ3n) is 4.32. The van der Waals surface area contributed by atoms with Crippen molar-refractivity contribution in [2.45, 2.75) is 25.5 Å². The maximum atomic E-state index is 12.3. The van der Waals surface area contributed by atoms with Crippen molar-refractivity contribution in [3.05, 3.63) is 59.0 Å². The van der Waals surface area contributed by atoms with Crippen LogP contribution in [-0.2, 0) is 11.2 Å². The molecule has 7 nitrogen and oxygen atoms in total. The van der Waals surface area contributed by atoms with Gasteiger partial charge in [-0.3, -0.25) is 4.79 Å². The van der Waals surface area contributed by atoms with Crippen LogP contribution in [-0.4, -0.2) is 36.1 Å². The van der Waals surface area contributed by atoms with Crippen molar-refractivity contribution >= 4 is 23.4 Å². The van der Waals surface area contributed by atoms with Crippen LogP contribution in [0.1, 0.15) is 22.6 Å². The van der Waals surface area contributed by atoms with Crippen LogP contribution in [0.5, 0.6) is 11.5 Å². The Labute approximate surface area is 173 Å². The third-order valence-corrected chi connectivity index (χ3v) is 5.14. The van der Waals surface area contributed by atoms with Gasteiger partial charge >= 0.3 is 0 Å². The molecule has 1 amide bonds. The number of thioether (sulfide) groups is 1. The first-order valence-corrected chi connectivity index (χ1v) is 10.0. The first-order valence-electron chi connectivity index (χ1n) is 9.02. The number of hydrogen-bond donors (Lipinski definition) is 1. The number of rotatable bonds is 8. The molecule has 0 bridgehead atoms. The van der Waals surface area contributed by atoms with Crippen molar-refractivity contribution in [3.63, 3.8) is 0 Å². The van der Waals surface area contributed by atoms with Crippen molar-refractivity contribution in [1.29, 1.82) is 0 Å². The normalized spacial score (nSPS) is 10.6. The van der Waals surface area contributed by atoms with Gasteiger partial charge in [-0.2, -0.15) is 0 Å². The molecule has 1 aromatic heterocycles. The largest absolute Gasteiger partial charge is 0.493 e. The van der Waals surface area contributed by atoms with Gasteiger partial charge in [-0.1, -0.05) is 36.0 Å². The number of anilines is 1. The summed E-state index contributed by atoms with van der Waals surface area (Å²) >= 11 is 1.21. The zero-order valence-electron chi connectivity index (χ0n) is 16.8. The lowest BCUT2D eigenvalue weighted by Gasteiger charge is -2.10. The van der Waals surface area contributed by atoms with Crippen molar-refractivity contribution < 1.29 is 18.7 Å². The highest BCUT2D eigenvalue weighted by Crippen LogP contribution is 2.28. The summed E-state index contributed by atoms with van der Waals surface area (Å²) in [6, 6.07) is 11.5. The van der Waals surface area contributed by atoms with Gasteiger partial charge in [-0.25, -0.2) is 0 Å². The average Bonchev–Trinajstić information content (AvgIpc) is 3.16. The lowest BCUT2D eigenvalue weighted by molar-refractivity contribution is -0.113. The molecule has 29 heavy (non-hydrogen) atoms. The summed E-state index contributed by atoms with van der Waals surface area (Å²) in [5, 5.41) is 11.4. The Hall–Kier alpha value is -3.00. The first kappa shape index (κ1) is 20.7. The lowest BCUT2D eigenvalue weighted by Crippen LogP contribution is -2.15. The second-order valence-electron chi connectivity index (χ2n) is 6.43. The highest BCUT2D eigenvalue weighted by molar-refractivity contribution is 7.99. The van der Waals surface area contributed by atoms with Crippen LogP contribution in [0.15, 0.2) is 46.0 Å². The van der Waals surface area contributed by atoms with Gasteiger partial charge in [-0.05, 0) is 42.7 Å². The minimum absolute atomic E-state index is 0.118. The van der Waals surface area contributed by atoms with E-state index >= 15 is 0 Å². The van der Waals surface area contributed by atoms with Crippen LogP contribution in [0.2, 0.25) is 0 Å². The van der Waals surface area contributed by atoms with E-state index in [9.17, 15) is 4.79 Å². The molecule has 0 aliphatic carbocycles. The number of hydrogen-bond acceptors (Lipinski definition) is 7. The molecule has 1 N–H and O–H groups in total. The maximum absolute atomic E-state index is 12.3. The van der Waals surface area contributed by atoms with Crippen molar-refractivity contribution in [1.82, 2.24) is 10.2 Å². The van der Waals surface area contributed by atoms with Crippen LogP contribution in [0.4, 0.5) is 5.69 Å². The van der Waals surface area contributed by atoms with Crippen LogP contribution in [0.3, 0.4) is 0 Å². The molecule has 3 aromatic rings. The predicted octanol–water partition coefficient (Wildman–Crippen LogP) is 4.03. The van der Waals surface area contributed by atoms with Crippen LogP contribution in [0, 0.1) is 13.8 Å². The number of amides is 1. The van der Waals surface area contributed by atoms with Gasteiger partial charge in [-0.15, -0.1) is 10.2 Å². The van der Waals surface area contributed by atoms with Gasteiger partial charge in [0, 0.05) is 5.69 Å². The maximum Gasteiger partial charge on any atom is 0.277 e. The Kier molecular flexibility index (Phi) is 6.77. The molecule has 8 heteroatoms. The minimum atomic E-state index is -0.118. The van der Waals surface area contributed by atoms with Gasteiger partial charge in [0.15, 0.2) is 11.5 Å². The molecule has 0 saturated carbocycles. The van der Waals surface area contributed by atoms with Gasteiger partial charge in [0.25, 0.3) is 5.22 Å². The number of carbonyl (C=O) groups is 1. The summed E-state index contributed by atoms with van der Waals surface area (Å²) in [5.41, 5.74) is 3.85. The van der Waals surface area contributed by atoms with Crippen molar-refractivity contribution in [2.75, 3.05) is 25.3 Å². The number of carbonyl (C=O) groups excluding carboxylic acids is 1. The van der Waals surface area contributed by atoms with E-state index in [1.54, 1.807) is 14.2 Å². The lowest BCUT2D eigenvalue weighted by atomic mass is 10.1. The predicted molar refractivity (Wildman–Crippen MR) is 112 cm³/mol. The minimum Gasteiger partial charge on any atom is -0.493 e. The highest BCUT2D eigenvalue weighted by Gasteiger charge is 2.13. The summed E-state index contributed by atoms with van der Waals surface area (Å²) in [6.45, 7) is 3.93. The van der Waals surface area contributed by atoms with Gasteiger partial charge < -0.3 is 19.2 Å². The Bertz CT molecular complexity index is 983.